The van der Waals surface area contributed by atoms with Gasteiger partial charge in [0, 0.05) is 44.8 Å². The van der Waals surface area contributed by atoms with E-state index in [0.717, 1.165) is 38.7 Å². The number of hydrogen-bond acceptors (Lipinski definition) is 2. The fraction of sp³-hybridized carbons (Fsp3) is 0. The van der Waals surface area contributed by atoms with Gasteiger partial charge in [0.2, 0.25) is 0 Å². The summed E-state index contributed by atoms with van der Waals surface area (Å²) in [7, 11) is 0. The summed E-state index contributed by atoms with van der Waals surface area (Å²) in [5.74, 6) is 0. The molecule has 0 aliphatic rings. The Morgan fingerprint density at radius 3 is 2.30 bits per heavy atom. The molecular weight excluding hydrogens is 366 g/mol. The molecular formula is C27H19N3. The number of benzene rings is 5. The zero-order valence-electron chi connectivity index (χ0n) is 16.2. The lowest BCUT2D eigenvalue weighted by atomic mass is 9.98. The van der Waals surface area contributed by atoms with Crippen LogP contribution in [0.25, 0.3) is 43.4 Å². The van der Waals surface area contributed by atoms with Gasteiger partial charge in [-0.3, -0.25) is 0 Å². The first-order valence-corrected chi connectivity index (χ1v) is 10.0. The molecule has 0 bridgehead atoms. The Kier molecular flexibility index (Phi) is 3.62. The zero-order chi connectivity index (χ0) is 20.1. The van der Waals surface area contributed by atoms with Gasteiger partial charge in [-0.2, -0.15) is 0 Å². The summed E-state index contributed by atoms with van der Waals surface area (Å²) < 4.78 is 0. The zero-order valence-corrected chi connectivity index (χ0v) is 16.2. The number of anilines is 2. The second-order valence-electron chi connectivity index (χ2n) is 7.58. The second-order valence-corrected chi connectivity index (χ2v) is 7.58. The van der Waals surface area contributed by atoms with Crippen LogP contribution in [0.2, 0.25) is 0 Å². The predicted molar refractivity (Wildman–Crippen MR) is 128 cm³/mol. The molecule has 1 heterocycles. The topological polar surface area (TPSA) is 51.7 Å². The van der Waals surface area contributed by atoms with Crippen LogP contribution < -0.4 is 5.32 Å². The van der Waals surface area contributed by atoms with Crippen LogP contribution in [-0.4, -0.2) is 11.2 Å². The maximum atomic E-state index is 8.16. The molecule has 3 nitrogen and oxygen atoms in total. The number of H-pyrrole nitrogens is 1. The number of aromatic nitrogens is 1. The highest BCUT2D eigenvalue weighted by Crippen LogP contribution is 2.38. The average Bonchev–Trinajstić information content (AvgIpc) is 3.18. The molecule has 1 aromatic heterocycles. The lowest BCUT2D eigenvalue weighted by molar-refractivity contribution is 1.51. The fourth-order valence-electron chi connectivity index (χ4n) is 4.52. The van der Waals surface area contributed by atoms with E-state index in [4.69, 9.17) is 5.41 Å². The minimum Gasteiger partial charge on any atom is -0.355 e. The number of hydrogen-bond donors (Lipinski definition) is 3. The maximum Gasteiger partial charge on any atom is 0.0551 e. The van der Waals surface area contributed by atoms with Crippen LogP contribution in [0.1, 0.15) is 5.56 Å². The van der Waals surface area contributed by atoms with Gasteiger partial charge in [-0.05, 0) is 40.4 Å². The minimum atomic E-state index is 0.891. The molecule has 0 aliphatic heterocycles. The molecule has 0 unspecified atom stereocenters. The Morgan fingerprint density at radius 2 is 1.43 bits per heavy atom. The summed E-state index contributed by atoms with van der Waals surface area (Å²) >= 11 is 0. The van der Waals surface area contributed by atoms with Crippen molar-refractivity contribution < 1.29 is 0 Å². The van der Waals surface area contributed by atoms with Crippen molar-refractivity contribution in [3.05, 3.63) is 96.6 Å². The Balaban J connectivity index is 1.69. The molecule has 0 saturated carbocycles. The fourth-order valence-corrected chi connectivity index (χ4v) is 4.52. The van der Waals surface area contributed by atoms with Crippen molar-refractivity contribution in [3.8, 4) is 0 Å². The molecule has 0 atom stereocenters. The van der Waals surface area contributed by atoms with E-state index in [-0.39, 0.29) is 0 Å². The molecule has 30 heavy (non-hydrogen) atoms. The van der Waals surface area contributed by atoms with E-state index in [1.54, 1.807) is 0 Å². The van der Waals surface area contributed by atoms with Crippen molar-refractivity contribution in [2.75, 3.05) is 5.32 Å². The monoisotopic (exact) mass is 385 g/mol. The maximum absolute atomic E-state index is 8.16. The Morgan fingerprint density at radius 1 is 0.667 bits per heavy atom. The number of para-hydroxylation sites is 1. The molecule has 0 spiro atoms. The van der Waals surface area contributed by atoms with E-state index in [0.29, 0.717) is 0 Å². The van der Waals surface area contributed by atoms with Gasteiger partial charge < -0.3 is 15.7 Å². The van der Waals surface area contributed by atoms with Crippen LogP contribution in [0, 0.1) is 5.41 Å². The third kappa shape index (κ3) is 2.42. The van der Waals surface area contributed by atoms with Gasteiger partial charge in [-0.15, -0.1) is 0 Å². The molecule has 0 radical (unpaired) electrons. The van der Waals surface area contributed by atoms with Crippen LogP contribution in [0.15, 0.2) is 91.0 Å². The van der Waals surface area contributed by atoms with E-state index >= 15 is 0 Å². The predicted octanol–water partition coefficient (Wildman–Crippen LogP) is 7.37. The first-order chi connectivity index (χ1) is 14.8. The van der Waals surface area contributed by atoms with Gasteiger partial charge in [-0.25, -0.2) is 0 Å². The summed E-state index contributed by atoms with van der Waals surface area (Å²) in [6.45, 7) is 0. The van der Waals surface area contributed by atoms with Crippen LogP contribution in [0.5, 0.6) is 0 Å². The first kappa shape index (κ1) is 16.8. The average molecular weight is 385 g/mol. The summed E-state index contributed by atoms with van der Waals surface area (Å²) in [6, 6.07) is 31.5. The lowest BCUT2D eigenvalue weighted by Gasteiger charge is -2.11. The Bertz CT molecular complexity index is 1580. The van der Waals surface area contributed by atoms with Crippen LogP contribution in [0.3, 0.4) is 0 Å². The lowest BCUT2D eigenvalue weighted by Crippen LogP contribution is -1.95. The van der Waals surface area contributed by atoms with Crippen LogP contribution in [0.4, 0.5) is 11.4 Å². The van der Waals surface area contributed by atoms with Crippen molar-refractivity contribution in [3.63, 3.8) is 0 Å². The van der Waals surface area contributed by atoms with Gasteiger partial charge in [-0.1, -0.05) is 66.7 Å². The third-order valence-corrected chi connectivity index (χ3v) is 5.88. The number of rotatable bonds is 3. The van der Waals surface area contributed by atoms with E-state index in [9.17, 15) is 0 Å². The molecule has 3 N–H and O–H groups in total. The molecule has 6 aromatic rings. The molecule has 0 aliphatic carbocycles. The highest BCUT2D eigenvalue weighted by atomic mass is 14.9. The summed E-state index contributed by atoms with van der Waals surface area (Å²) in [6.07, 6.45) is 1.45. The highest BCUT2D eigenvalue weighted by molar-refractivity contribution is 6.27. The SMILES string of the molecule is N=Cc1c(Nc2ccccc2)ccc2[nH]c3c(ccc4ccc5ccccc5c43)c12. The minimum absolute atomic E-state index is 0.891. The molecule has 0 fully saturated rings. The van der Waals surface area contributed by atoms with E-state index in [1.807, 2.05) is 36.4 Å². The van der Waals surface area contributed by atoms with Gasteiger partial charge >= 0.3 is 0 Å². The van der Waals surface area contributed by atoms with Crippen molar-refractivity contribution in [2.24, 2.45) is 0 Å². The van der Waals surface area contributed by atoms with Crippen LogP contribution >= 0.6 is 0 Å². The quantitative estimate of drug-likeness (QED) is 0.216. The Hall–Kier alpha value is -4.11. The summed E-state index contributed by atoms with van der Waals surface area (Å²) in [4.78, 5) is 3.65. The standard InChI is InChI=1S/C27H19N3/c28-16-22-23(29-19-7-2-1-3-8-19)14-15-24-26(22)21-13-12-18-11-10-17-6-4-5-9-20(17)25(18)27(21)30-24/h1-16,28-30H. The van der Waals surface area contributed by atoms with Crippen molar-refractivity contribution in [1.82, 2.24) is 4.98 Å². The number of aromatic amines is 1. The van der Waals surface area contributed by atoms with E-state index in [1.165, 1.54) is 27.8 Å². The largest absolute Gasteiger partial charge is 0.355 e. The summed E-state index contributed by atoms with van der Waals surface area (Å²) in [5, 5.41) is 18.8. The molecule has 6 rings (SSSR count). The van der Waals surface area contributed by atoms with E-state index in [2.05, 4.69) is 64.9 Å². The second kappa shape index (κ2) is 6.46. The molecule has 0 amide bonds. The molecule has 142 valence electrons. The van der Waals surface area contributed by atoms with Gasteiger partial charge in [0.05, 0.1) is 5.52 Å². The number of fused-ring (bicyclic) bond motifs is 7. The van der Waals surface area contributed by atoms with Gasteiger partial charge in [0.25, 0.3) is 0 Å². The van der Waals surface area contributed by atoms with Gasteiger partial charge in [0.15, 0.2) is 0 Å². The molecule has 3 heteroatoms. The smallest absolute Gasteiger partial charge is 0.0551 e. The van der Waals surface area contributed by atoms with E-state index < -0.39 is 0 Å². The first-order valence-electron chi connectivity index (χ1n) is 10.0. The molecule has 0 saturated heterocycles. The normalized spacial score (nSPS) is 11.5. The van der Waals surface area contributed by atoms with Crippen molar-refractivity contribution in [1.29, 1.82) is 5.41 Å². The summed E-state index contributed by atoms with van der Waals surface area (Å²) in [5.41, 5.74) is 5.00. The van der Waals surface area contributed by atoms with Crippen LogP contribution in [-0.2, 0) is 0 Å². The van der Waals surface area contributed by atoms with Crippen molar-refractivity contribution in [2.45, 2.75) is 0 Å². The van der Waals surface area contributed by atoms with Crippen molar-refractivity contribution >= 4 is 60.9 Å². The number of nitrogens with one attached hydrogen (secondary N) is 3. The molecule has 5 aromatic carbocycles. The Labute approximate surface area is 173 Å². The highest BCUT2D eigenvalue weighted by Gasteiger charge is 2.15. The van der Waals surface area contributed by atoms with Gasteiger partial charge in [0.1, 0.15) is 0 Å². The third-order valence-electron chi connectivity index (χ3n) is 5.88.